The molecule has 0 radical (unpaired) electrons. The van der Waals surface area contributed by atoms with Crippen molar-refractivity contribution < 1.29 is 22.7 Å². The summed E-state index contributed by atoms with van der Waals surface area (Å²) in [5, 5.41) is 2.75. The predicted octanol–water partition coefficient (Wildman–Crippen LogP) is 3.05. The first-order valence-corrected chi connectivity index (χ1v) is 10.5. The summed E-state index contributed by atoms with van der Waals surface area (Å²) in [5.41, 5.74) is 3.17. The number of anilines is 1. The van der Waals surface area contributed by atoms with Gasteiger partial charge in [-0.3, -0.25) is 4.79 Å². The molecule has 0 unspecified atom stereocenters. The zero-order valence-electron chi connectivity index (χ0n) is 17.4. The standard InChI is InChI=1S/C21H26N2O5S/c1-13-7-8-15(3)19(11-13)22-20(24)16(4)28-21(25)18-12-17(10-9-14(18)2)29(26,27)23(5)6/h7-12,16H,1-6H3,(H,22,24)/t16-/m0/s1. The quantitative estimate of drug-likeness (QED) is 0.728. The zero-order chi connectivity index (χ0) is 21.9. The average Bonchev–Trinajstić information content (AvgIpc) is 2.64. The molecule has 2 rings (SSSR count). The van der Waals surface area contributed by atoms with Crippen LogP contribution in [0.4, 0.5) is 5.69 Å². The lowest BCUT2D eigenvalue weighted by Crippen LogP contribution is -2.30. The van der Waals surface area contributed by atoms with Gasteiger partial charge in [0.05, 0.1) is 10.5 Å². The summed E-state index contributed by atoms with van der Waals surface area (Å²) >= 11 is 0. The van der Waals surface area contributed by atoms with Crippen LogP contribution < -0.4 is 5.32 Å². The second kappa shape index (κ2) is 8.75. The third-order valence-corrected chi connectivity index (χ3v) is 6.32. The summed E-state index contributed by atoms with van der Waals surface area (Å²) in [6.45, 7) is 6.92. The highest BCUT2D eigenvalue weighted by Gasteiger charge is 2.24. The summed E-state index contributed by atoms with van der Waals surface area (Å²) in [6.07, 6.45) is -1.06. The maximum atomic E-state index is 12.6. The van der Waals surface area contributed by atoms with Crippen molar-refractivity contribution in [2.24, 2.45) is 0 Å². The number of amides is 1. The Bertz CT molecular complexity index is 1050. The van der Waals surface area contributed by atoms with Crippen LogP contribution in [0.1, 0.15) is 34.0 Å². The number of rotatable bonds is 6. The lowest BCUT2D eigenvalue weighted by atomic mass is 10.1. The molecule has 2 aromatic carbocycles. The number of aryl methyl sites for hydroxylation is 3. The summed E-state index contributed by atoms with van der Waals surface area (Å²) in [7, 11) is -0.879. The molecule has 156 valence electrons. The summed E-state index contributed by atoms with van der Waals surface area (Å²) in [6, 6.07) is 9.89. The van der Waals surface area contributed by atoms with Crippen LogP contribution >= 0.6 is 0 Å². The molecule has 0 aromatic heterocycles. The lowest BCUT2D eigenvalue weighted by Gasteiger charge is -2.17. The van der Waals surface area contributed by atoms with Crippen LogP contribution in [-0.2, 0) is 19.6 Å². The van der Waals surface area contributed by atoms with E-state index in [0.29, 0.717) is 11.3 Å². The minimum atomic E-state index is -3.70. The van der Waals surface area contributed by atoms with Crippen LogP contribution in [0.5, 0.6) is 0 Å². The van der Waals surface area contributed by atoms with E-state index >= 15 is 0 Å². The third-order valence-electron chi connectivity index (χ3n) is 4.51. The molecule has 0 aliphatic heterocycles. The van der Waals surface area contributed by atoms with Crippen molar-refractivity contribution in [2.45, 2.75) is 38.7 Å². The molecule has 0 fully saturated rings. The van der Waals surface area contributed by atoms with Gasteiger partial charge < -0.3 is 10.1 Å². The van der Waals surface area contributed by atoms with Crippen molar-refractivity contribution in [1.29, 1.82) is 0 Å². The number of esters is 1. The van der Waals surface area contributed by atoms with Crippen molar-refractivity contribution in [3.8, 4) is 0 Å². The van der Waals surface area contributed by atoms with E-state index in [4.69, 9.17) is 4.74 Å². The van der Waals surface area contributed by atoms with Gasteiger partial charge in [0, 0.05) is 19.8 Å². The minimum Gasteiger partial charge on any atom is -0.449 e. The van der Waals surface area contributed by atoms with E-state index < -0.39 is 28.0 Å². The molecule has 1 amide bonds. The SMILES string of the molecule is Cc1ccc(C)c(NC(=O)[C@H](C)OC(=O)c2cc(S(=O)(=O)N(C)C)ccc2C)c1. The van der Waals surface area contributed by atoms with E-state index in [2.05, 4.69) is 5.32 Å². The van der Waals surface area contributed by atoms with Crippen LogP contribution in [0.2, 0.25) is 0 Å². The Labute approximate surface area is 171 Å². The Morgan fingerprint density at radius 2 is 1.62 bits per heavy atom. The highest BCUT2D eigenvalue weighted by atomic mass is 32.2. The van der Waals surface area contributed by atoms with Gasteiger partial charge in [-0.1, -0.05) is 18.2 Å². The van der Waals surface area contributed by atoms with Gasteiger partial charge in [-0.05, 0) is 62.6 Å². The van der Waals surface area contributed by atoms with Crippen LogP contribution in [0, 0.1) is 20.8 Å². The topological polar surface area (TPSA) is 92.8 Å². The summed E-state index contributed by atoms with van der Waals surface area (Å²) in [4.78, 5) is 25.0. The fraction of sp³-hybridized carbons (Fsp3) is 0.333. The fourth-order valence-corrected chi connectivity index (χ4v) is 3.50. The van der Waals surface area contributed by atoms with Crippen LogP contribution in [0.3, 0.4) is 0 Å². The molecule has 2 aromatic rings. The highest BCUT2D eigenvalue weighted by molar-refractivity contribution is 7.89. The maximum absolute atomic E-state index is 12.6. The van der Waals surface area contributed by atoms with E-state index in [1.807, 2.05) is 32.0 Å². The third kappa shape index (κ3) is 5.21. The Morgan fingerprint density at radius 1 is 1.00 bits per heavy atom. The molecule has 1 N–H and O–H groups in total. The molecule has 0 aliphatic rings. The average molecular weight is 419 g/mol. The number of sulfonamides is 1. The number of nitrogens with zero attached hydrogens (tertiary/aromatic N) is 1. The molecule has 0 saturated heterocycles. The van der Waals surface area contributed by atoms with Gasteiger partial charge >= 0.3 is 5.97 Å². The number of benzene rings is 2. The second-order valence-electron chi connectivity index (χ2n) is 7.12. The molecule has 7 nitrogen and oxygen atoms in total. The first-order valence-electron chi connectivity index (χ1n) is 9.05. The smallest absolute Gasteiger partial charge is 0.339 e. The van der Waals surface area contributed by atoms with E-state index in [9.17, 15) is 18.0 Å². The van der Waals surface area contributed by atoms with E-state index in [1.54, 1.807) is 6.92 Å². The molecule has 8 heteroatoms. The Hall–Kier alpha value is -2.71. The van der Waals surface area contributed by atoms with Crippen LogP contribution in [0.15, 0.2) is 41.3 Å². The van der Waals surface area contributed by atoms with Crippen molar-refractivity contribution in [1.82, 2.24) is 4.31 Å². The monoisotopic (exact) mass is 418 g/mol. The molecular weight excluding hydrogens is 392 g/mol. The Kier molecular flexibility index (Phi) is 6.81. The highest BCUT2D eigenvalue weighted by Crippen LogP contribution is 2.20. The van der Waals surface area contributed by atoms with Gasteiger partial charge in [-0.25, -0.2) is 17.5 Å². The van der Waals surface area contributed by atoms with Crippen molar-refractivity contribution >= 4 is 27.6 Å². The van der Waals surface area contributed by atoms with Crippen LogP contribution in [0.25, 0.3) is 0 Å². The molecule has 0 bridgehead atoms. The van der Waals surface area contributed by atoms with Gasteiger partial charge in [0.1, 0.15) is 0 Å². The first-order chi connectivity index (χ1) is 13.4. The van der Waals surface area contributed by atoms with Gasteiger partial charge in [0.2, 0.25) is 10.0 Å². The normalized spacial score (nSPS) is 12.5. The summed E-state index contributed by atoms with van der Waals surface area (Å²) in [5.74, 6) is -1.23. The van der Waals surface area contributed by atoms with Crippen molar-refractivity contribution in [3.63, 3.8) is 0 Å². The Morgan fingerprint density at radius 3 is 2.24 bits per heavy atom. The number of carbonyl (C=O) groups excluding carboxylic acids is 2. The molecular formula is C21H26N2O5S. The number of ether oxygens (including phenoxy) is 1. The fourth-order valence-electron chi connectivity index (χ4n) is 2.57. The van der Waals surface area contributed by atoms with Crippen molar-refractivity contribution in [3.05, 3.63) is 58.7 Å². The van der Waals surface area contributed by atoms with Gasteiger partial charge in [0.25, 0.3) is 5.91 Å². The molecule has 0 aliphatic carbocycles. The number of hydrogen-bond acceptors (Lipinski definition) is 5. The number of hydrogen-bond donors (Lipinski definition) is 1. The van der Waals surface area contributed by atoms with Gasteiger partial charge in [-0.15, -0.1) is 0 Å². The zero-order valence-corrected chi connectivity index (χ0v) is 18.3. The largest absolute Gasteiger partial charge is 0.449 e. The second-order valence-corrected chi connectivity index (χ2v) is 9.27. The van der Waals surface area contributed by atoms with Gasteiger partial charge in [0.15, 0.2) is 6.10 Å². The van der Waals surface area contributed by atoms with E-state index in [0.717, 1.165) is 15.4 Å². The molecule has 29 heavy (non-hydrogen) atoms. The molecule has 0 spiro atoms. The Balaban J connectivity index is 2.19. The number of carbonyl (C=O) groups is 2. The van der Waals surface area contributed by atoms with E-state index in [-0.39, 0.29) is 10.5 Å². The maximum Gasteiger partial charge on any atom is 0.339 e. The molecule has 1 atom stereocenters. The predicted molar refractivity (Wildman–Crippen MR) is 111 cm³/mol. The van der Waals surface area contributed by atoms with Crippen molar-refractivity contribution in [2.75, 3.05) is 19.4 Å². The molecule has 0 heterocycles. The van der Waals surface area contributed by atoms with Gasteiger partial charge in [-0.2, -0.15) is 0 Å². The number of nitrogens with one attached hydrogen (secondary N) is 1. The summed E-state index contributed by atoms with van der Waals surface area (Å²) < 4.78 is 31.0. The first kappa shape index (κ1) is 22.6. The molecule has 0 saturated carbocycles. The lowest BCUT2D eigenvalue weighted by molar-refractivity contribution is -0.123. The minimum absolute atomic E-state index is 0.0208. The van der Waals surface area contributed by atoms with E-state index in [1.165, 1.54) is 39.2 Å². The van der Waals surface area contributed by atoms with Crippen LogP contribution in [-0.4, -0.2) is 44.8 Å².